The fourth-order valence-corrected chi connectivity index (χ4v) is 5.98. The van der Waals surface area contributed by atoms with Crippen molar-refractivity contribution in [1.29, 1.82) is 0 Å². The molecule has 3 N–H and O–H groups in total. The van der Waals surface area contributed by atoms with Crippen LogP contribution in [0.5, 0.6) is 0 Å². The summed E-state index contributed by atoms with van der Waals surface area (Å²) in [6.07, 6.45) is 0.454. The summed E-state index contributed by atoms with van der Waals surface area (Å²) < 4.78 is 59.9. The first-order chi connectivity index (χ1) is 18.8. The van der Waals surface area contributed by atoms with E-state index >= 15 is 0 Å². The van der Waals surface area contributed by atoms with Crippen LogP contribution in [0.2, 0.25) is 0 Å². The number of hydrogen-bond acceptors (Lipinski definition) is 6. The zero-order chi connectivity index (χ0) is 29.5. The van der Waals surface area contributed by atoms with E-state index in [1.807, 2.05) is 6.92 Å². The average molecular weight is 586 g/mol. The lowest BCUT2D eigenvalue weighted by Crippen LogP contribution is -2.41. The molecule has 220 valence electrons. The number of halogens is 3. The number of sulfonamides is 1. The number of hydrogen-bond donors (Lipinski definition) is 3. The smallest absolute Gasteiger partial charge is 0.478 e. The van der Waals surface area contributed by atoms with Crippen molar-refractivity contribution in [2.75, 3.05) is 42.3 Å². The van der Waals surface area contributed by atoms with Crippen molar-refractivity contribution in [1.82, 2.24) is 4.90 Å². The maximum Gasteiger partial charge on any atom is 0.490 e. The number of benzene rings is 2. The lowest BCUT2D eigenvalue weighted by atomic mass is 9.96. The van der Waals surface area contributed by atoms with Gasteiger partial charge >= 0.3 is 18.1 Å². The molecule has 0 saturated carbocycles. The minimum Gasteiger partial charge on any atom is -0.478 e. The minimum absolute atomic E-state index is 0.123. The minimum atomic E-state index is -5.08. The molecule has 2 fully saturated rings. The van der Waals surface area contributed by atoms with Crippen LogP contribution in [0.25, 0.3) is 0 Å². The van der Waals surface area contributed by atoms with Gasteiger partial charge in [-0.2, -0.15) is 13.2 Å². The van der Waals surface area contributed by atoms with E-state index in [-0.39, 0.29) is 16.1 Å². The van der Waals surface area contributed by atoms with E-state index < -0.39 is 28.1 Å². The number of nitrogens with zero attached hydrogens (tertiary/aromatic N) is 2. The highest BCUT2D eigenvalue weighted by Gasteiger charge is 2.38. The standard InChI is InChI=1S/C25H33N3O4S.C2HF3O2/c1-2-19-7-10-22(11-8-19)33(31,32)26-21-9-12-24(23(16-21)25(29)30)28-15-5-6-20(18-28)17-27-13-3-4-14-27;3-2(4,5)1(6)7/h7-12,16,20,26H,2-6,13-15,17-18H2,1H3,(H,29,30);(H,6,7). The Morgan fingerprint density at radius 2 is 1.62 bits per heavy atom. The molecule has 0 aliphatic carbocycles. The molecular weight excluding hydrogens is 551 g/mol. The largest absolute Gasteiger partial charge is 0.490 e. The van der Waals surface area contributed by atoms with Crippen LogP contribution in [0.1, 0.15) is 48.5 Å². The molecule has 9 nitrogen and oxygen atoms in total. The Morgan fingerprint density at radius 3 is 2.17 bits per heavy atom. The summed E-state index contributed by atoms with van der Waals surface area (Å²) in [7, 11) is -3.80. The van der Waals surface area contributed by atoms with Gasteiger partial charge in [0.05, 0.1) is 16.1 Å². The van der Waals surface area contributed by atoms with Gasteiger partial charge in [0.1, 0.15) is 0 Å². The molecule has 0 amide bonds. The molecule has 2 saturated heterocycles. The number of piperidine rings is 1. The lowest BCUT2D eigenvalue weighted by Gasteiger charge is -2.36. The predicted molar refractivity (Wildman–Crippen MR) is 144 cm³/mol. The summed E-state index contributed by atoms with van der Waals surface area (Å²) in [5.41, 5.74) is 2.08. The van der Waals surface area contributed by atoms with Gasteiger partial charge in [0.25, 0.3) is 10.0 Å². The summed E-state index contributed by atoms with van der Waals surface area (Å²) in [6, 6.07) is 11.5. The highest BCUT2D eigenvalue weighted by molar-refractivity contribution is 7.92. The number of aromatic carboxylic acids is 1. The van der Waals surface area contributed by atoms with Crippen molar-refractivity contribution in [3.8, 4) is 0 Å². The summed E-state index contributed by atoms with van der Waals surface area (Å²) in [5.74, 6) is -3.30. The SMILES string of the molecule is CCc1ccc(S(=O)(=O)Nc2ccc(N3CCCC(CN4CCCC4)C3)c(C(=O)O)c2)cc1.O=C(O)C(F)(F)F. The molecule has 4 rings (SSSR count). The first kappa shape index (κ1) is 31.2. The molecule has 0 radical (unpaired) electrons. The lowest BCUT2D eigenvalue weighted by molar-refractivity contribution is -0.192. The van der Waals surface area contributed by atoms with Crippen LogP contribution >= 0.6 is 0 Å². The van der Waals surface area contributed by atoms with E-state index in [0.29, 0.717) is 11.6 Å². The molecule has 2 aromatic carbocycles. The van der Waals surface area contributed by atoms with Crippen molar-refractivity contribution >= 4 is 33.3 Å². The molecular formula is C27H34F3N3O6S. The first-order valence-electron chi connectivity index (χ1n) is 13.1. The number of rotatable bonds is 8. The van der Waals surface area contributed by atoms with E-state index in [9.17, 15) is 31.5 Å². The topological polar surface area (TPSA) is 127 Å². The summed E-state index contributed by atoms with van der Waals surface area (Å²) >= 11 is 0. The monoisotopic (exact) mass is 585 g/mol. The van der Waals surface area contributed by atoms with Crippen LogP contribution in [-0.4, -0.2) is 74.4 Å². The van der Waals surface area contributed by atoms with Gasteiger partial charge in [0.2, 0.25) is 0 Å². The number of aliphatic carboxylic acids is 1. The zero-order valence-electron chi connectivity index (χ0n) is 22.2. The summed E-state index contributed by atoms with van der Waals surface area (Å²) in [5, 5.41) is 17.0. The first-order valence-corrected chi connectivity index (χ1v) is 14.5. The Balaban J connectivity index is 0.000000559. The second-order valence-electron chi connectivity index (χ2n) is 9.90. The average Bonchev–Trinajstić information content (AvgIpc) is 3.41. The van der Waals surface area contributed by atoms with Crippen LogP contribution in [0.15, 0.2) is 47.4 Å². The second kappa shape index (κ2) is 13.4. The van der Waals surface area contributed by atoms with Crippen molar-refractivity contribution < 1.29 is 41.4 Å². The number of alkyl halides is 3. The van der Waals surface area contributed by atoms with E-state index in [4.69, 9.17) is 9.90 Å². The summed E-state index contributed by atoms with van der Waals surface area (Å²) in [4.78, 5) is 25.8. The molecule has 1 atom stereocenters. The molecule has 0 spiro atoms. The number of likely N-dealkylation sites (tertiary alicyclic amines) is 1. The van der Waals surface area contributed by atoms with E-state index in [0.717, 1.165) is 57.5 Å². The maximum atomic E-state index is 12.8. The summed E-state index contributed by atoms with van der Waals surface area (Å²) in [6.45, 7) is 7.03. The van der Waals surface area contributed by atoms with Gasteiger partial charge in [-0.3, -0.25) is 4.72 Å². The number of anilines is 2. The molecule has 2 heterocycles. The Kier molecular flexibility index (Phi) is 10.4. The third-order valence-electron chi connectivity index (χ3n) is 6.94. The van der Waals surface area contributed by atoms with Crippen molar-refractivity contribution in [2.24, 2.45) is 5.92 Å². The molecule has 1 unspecified atom stereocenters. The molecule has 2 aliphatic rings. The highest BCUT2D eigenvalue weighted by Crippen LogP contribution is 2.30. The van der Waals surface area contributed by atoms with Crippen LogP contribution < -0.4 is 9.62 Å². The number of nitrogens with one attached hydrogen (secondary N) is 1. The fraction of sp³-hybridized carbons (Fsp3) is 0.481. The van der Waals surface area contributed by atoms with Gasteiger partial charge in [0, 0.05) is 25.3 Å². The van der Waals surface area contributed by atoms with Gasteiger partial charge in [-0.05, 0) is 87.0 Å². The quantitative estimate of drug-likeness (QED) is 0.407. The molecule has 2 aromatic rings. The Hall–Kier alpha value is -3.32. The molecule has 0 aromatic heterocycles. The third-order valence-corrected chi connectivity index (χ3v) is 8.34. The van der Waals surface area contributed by atoms with Gasteiger partial charge in [-0.1, -0.05) is 19.1 Å². The van der Waals surface area contributed by atoms with Crippen molar-refractivity contribution in [2.45, 2.75) is 50.1 Å². The normalized spacial score (nSPS) is 18.1. The van der Waals surface area contributed by atoms with E-state index in [2.05, 4.69) is 14.5 Å². The van der Waals surface area contributed by atoms with Crippen LogP contribution in [0.4, 0.5) is 24.5 Å². The molecule has 2 aliphatic heterocycles. The third kappa shape index (κ3) is 8.59. The van der Waals surface area contributed by atoms with Gasteiger partial charge in [-0.15, -0.1) is 0 Å². The molecule has 0 bridgehead atoms. The fourth-order valence-electron chi connectivity index (χ4n) is 4.93. The number of aryl methyl sites for hydroxylation is 1. The zero-order valence-corrected chi connectivity index (χ0v) is 23.0. The van der Waals surface area contributed by atoms with Gasteiger partial charge in [0.15, 0.2) is 0 Å². The number of carboxylic acid groups (broad SMARTS) is 2. The van der Waals surface area contributed by atoms with Crippen LogP contribution in [-0.2, 0) is 21.2 Å². The van der Waals surface area contributed by atoms with Crippen molar-refractivity contribution in [3.63, 3.8) is 0 Å². The second-order valence-corrected chi connectivity index (χ2v) is 11.6. The highest BCUT2D eigenvalue weighted by atomic mass is 32.2. The van der Waals surface area contributed by atoms with Gasteiger partial charge in [-0.25, -0.2) is 18.0 Å². The predicted octanol–water partition coefficient (Wildman–Crippen LogP) is 4.69. The van der Waals surface area contributed by atoms with E-state index in [1.165, 1.54) is 18.9 Å². The van der Waals surface area contributed by atoms with Crippen LogP contribution in [0, 0.1) is 5.92 Å². The van der Waals surface area contributed by atoms with E-state index in [1.54, 1.807) is 36.4 Å². The molecule has 40 heavy (non-hydrogen) atoms. The molecule has 13 heteroatoms. The Labute approximate surface area is 231 Å². The number of carboxylic acids is 2. The van der Waals surface area contributed by atoms with Crippen molar-refractivity contribution in [3.05, 3.63) is 53.6 Å². The van der Waals surface area contributed by atoms with Gasteiger partial charge < -0.3 is 20.0 Å². The maximum absolute atomic E-state index is 12.8. The Morgan fingerprint density at radius 1 is 1.00 bits per heavy atom. The Bertz CT molecular complexity index is 1280. The number of carbonyl (C=O) groups is 2. The van der Waals surface area contributed by atoms with Crippen LogP contribution in [0.3, 0.4) is 0 Å².